The van der Waals surface area contributed by atoms with Gasteiger partial charge >= 0.3 is 6.09 Å². The van der Waals surface area contributed by atoms with Crippen molar-refractivity contribution in [1.82, 2.24) is 4.90 Å². The number of methoxy groups -OCH3 is 1. The Morgan fingerprint density at radius 3 is 2.31 bits per heavy atom. The Morgan fingerprint density at radius 2 is 1.85 bits per heavy atom. The van der Waals surface area contributed by atoms with Crippen LogP contribution in [0.2, 0.25) is 0 Å². The molecule has 1 heterocycles. The van der Waals surface area contributed by atoms with Gasteiger partial charge in [0.1, 0.15) is 5.78 Å². The summed E-state index contributed by atoms with van der Waals surface area (Å²) in [7, 11) is 1.38. The number of hydrogen-bond acceptors (Lipinski definition) is 3. The molecular weight excluding hydrogens is 170 g/mol. The number of ketones is 1. The lowest BCUT2D eigenvalue weighted by Crippen LogP contribution is -2.34. The van der Waals surface area contributed by atoms with Gasteiger partial charge in [0.25, 0.3) is 0 Å². The summed E-state index contributed by atoms with van der Waals surface area (Å²) in [6.07, 6.45) is 2.41. The fraction of sp³-hybridized carbons (Fsp3) is 0.778. The van der Waals surface area contributed by atoms with Crippen molar-refractivity contribution in [3.8, 4) is 0 Å². The van der Waals surface area contributed by atoms with E-state index in [0.717, 1.165) is 12.8 Å². The molecule has 13 heavy (non-hydrogen) atoms. The molecule has 1 rings (SSSR count). The molecule has 0 unspecified atom stereocenters. The predicted octanol–water partition coefficient (Wildman–Crippen LogP) is 1.20. The number of carbonyl (C=O) groups is 2. The number of carbonyl (C=O) groups excluding carboxylic acids is 2. The molecule has 0 spiro atoms. The van der Waals surface area contributed by atoms with Crippen molar-refractivity contribution >= 4 is 11.9 Å². The van der Waals surface area contributed by atoms with E-state index >= 15 is 0 Å². The molecule has 74 valence electrons. The third-order valence-electron chi connectivity index (χ3n) is 2.20. The summed E-state index contributed by atoms with van der Waals surface area (Å²) in [6, 6.07) is 0. The molecule has 1 fully saturated rings. The smallest absolute Gasteiger partial charge is 0.409 e. The molecule has 4 heteroatoms. The molecule has 1 amide bonds. The quantitative estimate of drug-likeness (QED) is 0.569. The van der Waals surface area contributed by atoms with Gasteiger partial charge in [-0.1, -0.05) is 0 Å². The van der Waals surface area contributed by atoms with Gasteiger partial charge in [0.2, 0.25) is 0 Å². The predicted molar refractivity (Wildman–Crippen MR) is 47.5 cm³/mol. The molecule has 0 aromatic heterocycles. The first-order valence-electron chi connectivity index (χ1n) is 4.58. The molecule has 0 saturated carbocycles. The zero-order valence-corrected chi connectivity index (χ0v) is 7.91. The molecule has 0 aliphatic carbocycles. The Hall–Kier alpha value is -1.06. The Balaban J connectivity index is 2.41. The minimum absolute atomic E-state index is 0.283. The van der Waals surface area contributed by atoms with Crippen molar-refractivity contribution in [2.45, 2.75) is 25.7 Å². The monoisotopic (exact) mass is 185 g/mol. The van der Waals surface area contributed by atoms with Gasteiger partial charge < -0.3 is 9.64 Å². The molecule has 1 aliphatic rings. The average molecular weight is 185 g/mol. The van der Waals surface area contributed by atoms with E-state index in [9.17, 15) is 9.59 Å². The van der Waals surface area contributed by atoms with Gasteiger partial charge in [0.15, 0.2) is 0 Å². The zero-order valence-electron chi connectivity index (χ0n) is 7.91. The number of Topliss-reactive ketones (excluding diaryl/α,β-unsaturated/α-hetero) is 1. The fourth-order valence-corrected chi connectivity index (χ4v) is 1.48. The van der Waals surface area contributed by atoms with Crippen molar-refractivity contribution in [2.75, 3.05) is 20.2 Å². The van der Waals surface area contributed by atoms with E-state index in [1.165, 1.54) is 7.11 Å². The topological polar surface area (TPSA) is 46.6 Å². The van der Waals surface area contributed by atoms with Gasteiger partial charge in [0, 0.05) is 25.9 Å². The van der Waals surface area contributed by atoms with Gasteiger partial charge in [0.05, 0.1) is 7.11 Å². The van der Waals surface area contributed by atoms with Crippen LogP contribution in [0.4, 0.5) is 4.79 Å². The first-order chi connectivity index (χ1) is 6.24. The maximum absolute atomic E-state index is 11.1. The van der Waals surface area contributed by atoms with Gasteiger partial charge in [-0.25, -0.2) is 4.79 Å². The zero-order chi connectivity index (χ0) is 9.68. The lowest BCUT2D eigenvalue weighted by atomic mass is 10.1. The molecule has 0 radical (unpaired) electrons. The van der Waals surface area contributed by atoms with Gasteiger partial charge in [-0.15, -0.1) is 0 Å². The third kappa shape index (κ3) is 3.05. The number of hydrogen-bond donors (Lipinski definition) is 0. The SMILES string of the molecule is COC(=O)N1CCCC(=O)CCC1. The van der Waals surface area contributed by atoms with Crippen molar-refractivity contribution in [3.05, 3.63) is 0 Å². The normalized spacial score (nSPS) is 19.2. The van der Waals surface area contributed by atoms with Gasteiger partial charge in [-0.05, 0) is 12.8 Å². The molecule has 1 aliphatic heterocycles. The standard InChI is InChI=1S/C9H15NO3/c1-13-9(12)10-6-2-4-8(11)5-3-7-10/h2-7H2,1H3. The van der Waals surface area contributed by atoms with E-state index in [4.69, 9.17) is 0 Å². The summed E-state index contributed by atoms with van der Waals surface area (Å²) < 4.78 is 4.61. The minimum Gasteiger partial charge on any atom is -0.453 e. The molecule has 0 atom stereocenters. The fourth-order valence-electron chi connectivity index (χ4n) is 1.48. The highest BCUT2D eigenvalue weighted by Gasteiger charge is 2.16. The Morgan fingerprint density at radius 1 is 1.31 bits per heavy atom. The lowest BCUT2D eigenvalue weighted by molar-refractivity contribution is -0.119. The molecule has 0 aromatic carbocycles. The van der Waals surface area contributed by atoms with E-state index < -0.39 is 0 Å². The van der Waals surface area contributed by atoms with Crippen LogP contribution in [0, 0.1) is 0 Å². The summed E-state index contributed by atoms with van der Waals surface area (Å²) in [5, 5.41) is 0. The third-order valence-corrected chi connectivity index (χ3v) is 2.20. The van der Waals surface area contributed by atoms with E-state index in [0.29, 0.717) is 31.7 Å². The van der Waals surface area contributed by atoms with Crippen LogP contribution in [0.1, 0.15) is 25.7 Å². The van der Waals surface area contributed by atoms with Crippen LogP contribution in [0.5, 0.6) is 0 Å². The van der Waals surface area contributed by atoms with Crippen LogP contribution in [-0.4, -0.2) is 37.0 Å². The van der Waals surface area contributed by atoms with Gasteiger partial charge in [-0.3, -0.25) is 4.79 Å². The summed E-state index contributed by atoms with van der Waals surface area (Å²) in [5.41, 5.74) is 0. The Labute approximate surface area is 77.8 Å². The average Bonchev–Trinajstić information content (AvgIpc) is 2.10. The second-order valence-corrected chi connectivity index (χ2v) is 3.20. The molecule has 0 aromatic rings. The summed E-state index contributed by atoms with van der Waals surface area (Å²) >= 11 is 0. The first kappa shape index (κ1) is 10.0. The molecule has 0 N–H and O–H groups in total. The number of nitrogens with zero attached hydrogens (tertiary/aromatic N) is 1. The molecule has 0 bridgehead atoms. The second-order valence-electron chi connectivity index (χ2n) is 3.20. The number of ether oxygens (including phenoxy) is 1. The second kappa shape index (κ2) is 4.84. The summed E-state index contributed by atoms with van der Waals surface area (Å²) in [5.74, 6) is 0.310. The first-order valence-corrected chi connectivity index (χ1v) is 4.58. The van der Waals surface area contributed by atoms with Crippen LogP contribution in [-0.2, 0) is 9.53 Å². The maximum atomic E-state index is 11.1. The van der Waals surface area contributed by atoms with Crippen molar-refractivity contribution in [3.63, 3.8) is 0 Å². The van der Waals surface area contributed by atoms with Crippen molar-refractivity contribution in [2.24, 2.45) is 0 Å². The summed E-state index contributed by atoms with van der Waals surface area (Å²) in [6.45, 7) is 1.27. The lowest BCUT2D eigenvalue weighted by Gasteiger charge is -2.22. The highest BCUT2D eigenvalue weighted by molar-refractivity contribution is 5.78. The number of rotatable bonds is 0. The largest absolute Gasteiger partial charge is 0.453 e. The number of amides is 1. The van der Waals surface area contributed by atoms with E-state index in [2.05, 4.69) is 4.74 Å². The van der Waals surface area contributed by atoms with E-state index in [-0.39, 0.29) is 6.09 Å². The van der Waals surface area contributed by atoms with Crippen LogP contribution >= 0.6 is 0 Å². The van der Waals surface area contributed by atoms with Crippen molar-refractivity contribution < 1.29 is 14.3 Å². The molecular formula is C9H15NO3. The summed E-state index contributed by atoms with van der Waals surface area (Å²) in [4.78, 5) is 23.8. The van der Waals surface area contributed by atoms with Crippen LogP contribution in [0.3, 0.4) is 0 Å². The highest BCUT2D eigenvalue weighted by atomic mass is 16.5. The number of likely N-dealkylation sites (tertiary alicyclic amines) is 1. The van der Waals surface area contributed by atoms with Crippen molar-refractivity contribution in [1.29, 1.82) is 0 Å². The van der Waals surface area contributed by atoms with Gasteiger partial charge in [-0.2, -0.15) is 0 Å². The van der Waals surface area contributed by atoms with E-state index in [1.54, 1.807) is 4.90 Å². The van der Waals surface area contributed by atoms with E-state index in [1.807, 2.05) is 0 Å². The van der Waals surface area contributed by atoms with Crippen LogP contribution < -0.4 is 0 Å². The molecule has 1 saturated heterocycles. The Bertz CT molecular complexity index is 191. The van der Waals surface area contributed by atoms with Crippen LogP contribution in [0.15, 0.2) is 0 Å². The Kier molecular flexibility index (Phi) is 3.73. The van der Waals surface area contributed by atoms with Crippen LogP contribution in [0.25, 0.3) is 0 Å². The maximum Gasteiger partial charge on any atom is 0.409 e. The minimum atomic E-state index is -0.283. The molecule has 4 nitrogen and oxygen atoms in total. The highest BCUT2D eigenvalue weighted by Crippen LogP contribution is 2.08.